The van der Waals surface area contributed by atoms with E-state index in [0.717, 1.165) is 0 Å². The van der Waals surface area contributed by atoms with Gasteiger partial charge in [-0.1, -0.05) is 6.07 Å². The topological polar surface area (TPSA) is 73.9 Å². The Hall–Kier alpha value is -2.08. The second kappa shape index (κ2) is 8.97. The summed E-state index contributed by atoms with van der Waals surface area (Å²) in [6, 6.07) is 6.77. The molecule has 6 nitrogen and oxygen atoms in total. The molecule has 116 valence electrons. The Bertz CT molecular complexity index is 473. The molecule has 0 radical (unpaired) electrons. The van der Waals surface area contributed by atoms with Gasteiger partial charge < -0.3 is 19.5 Å². The molecule has 0 saturated heterocycles. The number of hydrogen-bond acceptors (Lipinski definition) is 5. The number of carbonyl (C=O) groups is 2. The Kier molecular flexibility index (Phi) is 7.25. The molecule has 0 aliphatic rings. The van der Waals surface area contributed by atoms with Crippen molar-refractivity contribution >= 4 is 17.6 Å². The van der Waals surface area contributed by atoms with E-state index >= 15 is 0 Å². The van der Waals surface area contributed by atoms with E-state index in [4.69, 9.17) is 14.2 Å². The van der Waals surface area contributed by atoms with E-state index in [1.807, 2.05) is 13.8 Å². The summed E-state index contributed by atoms with van der Waals surface area (Å²) in [6.45, 7) is 5.59. The van der Waals surface area contributed by atoms with Crippen molar-refractivity contribution in [3.63, 3.8) is 0 Å². The molecule has 1 aromatic rings. The van der Waals surface area contributed by atoms with Crippen LogP contribution in [0.4, 0.5) is 5.69 Å². The van der Waals surface area contributed by atoms with Gasteiger partial charge in [-0.25, -0.2) is 4.79 Å². The monoisotopic (exact) mass is 295 g/mol. The average Bonchev–Trinajstić information content (AvgIpc) is 2.44. The molecule has 0 atom stereocenters. The lowest BCUT2D eigenvalue weighted by atomic mass is 10.3. The number of amides is 1. The fourth-order valence-corrected chi connectivity index (χ4v) is 1.45. The molecule has 0 spiro atoms. The van der Waals surface area contributed by atoms with Crippen LogP contribution in [0.15, 0.2) is 24.3 Å². The van der Waals surface area contributed by atoms with E-state index in [1.54, 1.807) is 31.2 Å². The van der Waals surface area contributed by atoms with Crippen LogP contribution in [0.25, 0.3) is 0 Å². The van der Waals surface area contributed by atoms with E-state index in [9.17, 15) is 9.59 Å². The Morgan fingerprint density at radius 2 is 2.00 bits per heavy atom. The van der Waals surface area contributed by atoms with Gasteiger partial charge in [-0.05, 0) is 32.9 Å². The minimum absolute atomic E-state index is 0.00463. The van der Waals surface area contributed by atoms with Crippen LogP contribution in [-0.2, 0) is 19.1 Å². The van der Waals surface area contributed by atoms with Crippen LogP contribution >= 0.6 is 0 Å². The van der Waals surface area contributed by atoms with Gasteiger partial charge in [0, 0.05) is 11.8 Å². The molecule has 1 rings (SSSR count). The molecule has 6 heteroatoms. The lowest BCUT2D eigenvalue weighted by Crippen LogP contribution is -2.20. The van der Waals surface area contributed by atoms with E-state index in [-0.39, 0.29) is 25.2 Å². The summed E-state index contributed by atoms with van der Waals surface area (Å²) < 4.78 is 15.3. The molecule has 21 heavy (non-hydrogen) atoms. The molecule has 0 aromatic heterocycles. The minimum Gasteiger partial charge on any atom is -0.482 e. The maximum absolute atomic E-state index is 11.6. The van der Waals surface area contributed by atoms with Crippen molar-refractivity contribution in [2.24, 2.45) is 0 Å². The number of rotatable bonds is 8. The highest BCUT2D eigenvalue weighted by molar-refractivity contribution is 5.91. The van der Waals surface area contributed by atoms with Gasteiger partial charge in [0.25, 0.3) is 0 Å². The maximum Gasteiger partial charge on any atom is 0.344 e. The summed E-state index contributed by atoms with van der Waals surface area (Å²) in [5.74, 6) is -0.200. The summed E-state index contributed by atoms with van der Waals surface area (Å²) in [5, 5.41) is 2.69. The second-order valence-corrected chi connectivity index (χ2v) is 4.53. The number of ether oxygens (including phenoxy) is 3. The van der Waals surface area contributed by atoms with Gasteiger partial charge in [0.1, 0.15) is 12.4 Å². The first kappa shape index (κ1) is 17.0. The van der Waals surface area contributed by atoms with Crippen molar-refractivity contribution in [2.75, 3.05) is 25.1 Å². The average molecular weight is 295 g/mol. The molecule has 0 heterocycles. The Balaban J connectivity index is 2.48. The lowest BCUT2D eigenvalue weighted by Gasteiger charge is -2.10. The number of nitrogens with one attached hydrogen (secondary N) is 1. The van der Waals surface area contributed by atoms with Crippen LogP contribution in [0.5, 0.6) is 5.75 Å². The van der Waals surface area contributed by atoms with Crippen molar-refractivity contribution in [1.82, 2.24) is 0 Å². The third-order valence-corrected chi connectivity index (χ3v) is 2.33. The fourth-order valence-electron chi connectivity index (χ4n) is 1.45. The predicted octanol–water partition coefficient (Wildman–Crippen LogP) is 1.99. The molecule has 1 aromatic carbocycles. The fraction of sp³-hybridized carbons (Fsp3) is 0.467. The Labute approximate surface area is 124 Å². The smallest absolute Gasteiger partial charge is 0.344 e. The van der Waals surface area contributed by atoms with E-state index in [0.29, 0.717) is 18.0 Å². The maximum atomic E-state index is 11.6. The SMILES string of the molecule is CCOC(=O)COc1cccc(NC(=O)COC(C)C)c1. The van der Waals surface area contributed by atoms with Crippen LogP contribution in [0.1, 0.15) is 20.8 Å². The number of hydrogen-bond donors (Lipinski definition) is 1. The molecule has 0 fully saturated rings. The first-order valence-electron chi connectivity index (χ1n) is 6.81. The zero-order valence-electron chi connectivity index (χ0n) is 12.5. The third-order valence-electron chi connectivity index (χ3n) is 2.33. The molecule has 0 unspecified atom stereocenters. The van der Waals surface area contributed by atoms with Crippen molar-refractivity contribution in [3.05, 3.63) is 24.3 Å². The van der Waals surface area contributed by atoms with Crippen LogP contribution in [0.2, 0.25) is 0 Å². The molecule has 0 bridgehead atoms. The zero-order valence-corrected chi connectivity index (χ0v) is 12.5. The van der Waals surface area contributed by atoms with Crippen molar-refractivity contribution in [1.29, 1.82) is 0 Å². The highest BCUT2D eigenvalue weighted by atomic mass is 16.6. The normalized spacial score (nSPS) is 10.3. The van der Waals surface area contributed by atoms with Crippen LogP contribution in [-0.4, -0.2) is 37.8 Å². The first-order chi connectivity index (χ1) is 10.0. The minimum atomic E-state index is -0.433. The Morgan fingerprint density at radius 3 is 2.67 bits per heavy atom. The van der Waals surface area contributed by atoms with Crippen LogP contribution < -0.4 is 10.1 Å². The lowest BCUT2D eigenvalue weighted by molar-refractivity contribution is -0.145. The quantitative estimate of drug-likeness (QED) is 0.742. The zero-order chi connectivity index (χ0) is 15.7. The van der Waals surface area contributed by atoms with Gasteiger partial charge in [-0.15, -0.1) is 0 Å². The van der Waals surface area contributed by atoms with E-state index in [2.05, 4.69) is 5.32 Å². The summed E-state index contributed by atoms with van der Waals surface area (Å²) >= 11 is 0. The molecule has 1 N–H and O–H groups in total. The van der Waals surface area contributed by atoms with Crippen molar-refractivity contribution in [2.45, 2.75) is 26.9 Å². The van der Waals surface area contributed by atoms with E-state index < -0.39 is 5.97 Å². The van der Waals surface area contributed by atoms with Gasteiger partial charge in [0.2, 0.25) is 5.91 Å². The van der Waals surface area contributed by atoms with Crippen molar-refractivity contribution < 1.29 is 23.8 Å². The molecule has 0 saturated carbocycles. The molecule has 1 amide bonds. The standard InChI is InChI=1S/C15H21NO5/c1-4-19-15(18)10-21-13-7-5-6-12(8-13)16-14(17)9-20-11(2)3/h5-8,11H,4,9-10H2,1-3H3,(H,16,17). The number of benzene rings is 1. The van der Waals surface area contributed by atoms with Gasteiger partial charge >= 0.3 is 5.97 Å². The number of esters is 1. The highest BCUT2D eigenvalue weighted by Gasteiger charge is 2.06. The summed E-state index contributed by atoms with van der Waals surface area (Å²) in [4.78, 5) is 22.8. The van der Waals surface area contributed by atoms with E-state index in [1.165, 1.54) is 0 Å². The van der Waals surface area contributed by atoms with Crippen LogP contribution in [0, 0.1) is 0 Å². The number of anilines is 1. The third kappa shape index (κ3) is 7.31. The Morgan fingerprint density at radius 1 is 1.24 bits per heavy atom. The summed E-state index contributed by atoms with van der Waals surface area (Å²) in [7, 11) is 0. The van der Waals surface area contributed by atoms with Gasteiger partial charge in [-0.2, -0.15) is 0 Å². The second-order valence-electron chi connectivity index (χ2n) is 4.53. The molecule has 0 aliphatic carbocycles. The predicted molar refractivity (Wildman–Crippen MR) is 78.3 cm³/mol. The summed E-state index contributed by atoms with van der Waals surface area (Å²) in [5.41, 5.74) is 0.578. The number of carbonyl (C=O) groups excluding carboxylic acids is 2. The largest absolute Gasteiger partial charge is 0.482 e. The summed E-state index contributed by atoms with van der Waals surface area (Å²) in [6.07, 6.45) is -0.00463. The molecule has 0 aliphatic heterocycles. The van der Waals surface area contributed by atoms with Gasteiger partial charge in [-0.3, -0.25) is 4.79 Å². The van der Waals surface area contributed by atoms with Gasteiger partial charge in [0.15, 0.2) is 6.61 Å². The highest BCUT2D eigenvalue weighted by Crippen LogP contribution is 2.17. The van der Waals surface area contributed by atoms with Crippen LogP contribution in [0.3, 0.4) is 0 Å². The van der Waals surface area contributed by atoms with Crippen molar-refractivity contribution in [3.8, 4) is 5.75 Å². The van der Waals surface area contributed by atoms with Gasteiger partial charge in [0.05, 0.1) is 12.7 Å². The molecular weight excluding hydrogens is 274 g/mol. The first-order valence-corrected chi connectivity index (χ1v) is 6.81. The molecular formula is C15H21NO5.